The Morgan fingerprint density at radius 2 is 1.80 bits per heavy atom. The molecule has 2 N–H and O–H groups in total. The number of amides is 1. The number of rotatable bonds is 5. The van der Waals surface area contributed by atoms with Crippen LogP contribution in [0.25, 0.3) is 0 Å². The lowest BCUT2D eigenvalue weighted by Crippen LogP contribution is -2.52. The van der Waals surface area contributed by atoms with Crippen LogP contribution in [0, 0.1) is 5.92 Å². The molecule has 5 heteroatoms. The summed E-state index contributed by atoms with van der Waals surface area (Å²) in [6, 6.07) is 10.8. The third-order valence-electron chi connectivity index (χ3n) is 5.63. The first-order valence-electron chi connectivity index (χ1n) is 9.64. The number of hydrogen-bond donors (Lipinski definition) is 1. The zero-order chi connectivity index (χ0) is 17.6. The van der Waals surface area contributed by atoms with Crippen molar-refractivity contribution in [2.75, 3.05) is 45.8 Å². The van der Waals surface area contributed by atoms with Gasteiger partial charge in [0.2, 0.25) is 5.91 Å². The van der Waals surface area contributed by atoms with Gasteiger partial charge in [-0.1, -0.05) is 30.3 Å². The lowest BCUT2D eigenvalue weighted by atomic mass is 9.92. The SMILES string of the molecule is CC(N)C1CCCN(C(=O)CN2CCN(Cc3ccccc3)CC2)C1. The van der Waals surface area contributed by atoms with Crippen molar-refractivity contribution < 1.29 is 4.79 Å². The van der Waals surface area contributed by atoms with E-state index >= 15 is 0 Å². The predicted molar refractivity (Wildman–Crippen MR) is 101 cm³/mol. The second-order valence-electron chi connectivity index (χ2n) is 7.64. The van der Waals surface area contributed by atoms with Crippen molar-refractivity contribution in [1.82, 2.24) is 14.7 Å². The summed E-state index contributed by atoms with van der Waals surface area (Å²) in [7, 11) is 0. The van der Waals surface area contributed by atoms with Gasteiger partial charge in [0.1, 0.15) is 0 Å². The molecule has 2 unspecified atom stereocenters. The maximum Gasteiger partial charge on any atom is 0.236 e. The lowest BCUT2D eigenvalue weighted by molar-refractivity contribution is -0.134. The number of likely N-dealkylation sites (tertiary alicyclic amines) is 1. The Kier molecular flexibility index (Phi) is 6.45. The van der Waals surface area contributed by atoms with E-state index in [1.807, 2.05) is 4.90 Å². The van der Waals surface area contributed by atoms with E-state index in [2.05, 4.69) is 47.1 Å². The summed E-state index contributed by atoms with van der Waals surface area (Å²) in [5, 5.41) is 0. The lowest BCUT2D eigenvalue weighted by Gasteiger charge is -2.38. The van der Waals surface area contributed by atoms with Crippen LogP contribution in [0.3, 0.4) is 0 Å². The second-order valence-corrected chi connectivity index (χ2v) is 7.64. The van der Waals surface area contributed by atoms with Crippen molar-refractivity contribution in [3.05, 3.63) is 35.9 Å². The number of carbonyl (C=O) groups excluding carboxylic acids is 1. The van der Waals surface area contributed by atoms with E-state index in [9.17, 15) is 4.79 Å². The van der Waals surface area contributed by atoms with E-state index < -0.39 is 0 Å². The molecule has 0 radical (unpaired) electrons. The molecule has 3 rings (SSSR count). The van der Waals surface area contributed by atoms with Gasteiger partial charge in [-0.05, 0) is 31.2 Å². The quantitative estimate of drug-likeness (QED) is 0.877. The van der Waals surface area contributed by atoms with Gasteiger partial charge in [-0.25, -0.2) is 0 Å². The van der Waals surface area contributed by atoms with Crippen molar-refractivity contribution in [3.63, 3.8) is 0 Å². The van der Waals surface area contributed by atoms with Gasteiger partial charge in [0, 0.05) is 51.9 Å². The molecule has 25 heavy (non-hydrogen) atoms. The van der Waals surface area contributed by atoms with E-state index in [-0.39, 0.29) is 11.9 Å². The highest BCUT2D eigenvalue weighted by molar-refractivity contribution is 5.78. The Balaban J connectivity index is 1.42. The van der Waals surface area contributed by atoms with Gasteiger partial charge in [0.25, 0.3) is 0 Å². The summed E-state index contributed by atoms with van der Waals surface area (Å²) in [5.41, 5.74) is 7.40. The number of hydrogen-bond acceptors (Lipinski definition) is 4. The summed E-state index contributed by atoms with van der Waals surface area (Å²) < 4.78 is 0. The van der Waals surface area contributed by atoms with Crippen LogP contribution in [0.4, 0.5) is 0 Å². The van der Waals surface area contributed by atoms with Crippen LogP contribution < -0.4 is 5.73 Å². The van der Waals surface area contributed by atoms with Crippen LogP contribution in [0.5, 0.6) is 0 Å². The third kappa shape index (κ3) is 5.27. The van der Waals surface area contributed by atoms with Gasteiger partial charge < -0.3 is 10.6 Å². The second kappa shape index (κ2) is 8.79. The maximum atomic E-state index is 12.6. The molecule has 138 valence electrons. The van der Waals surface area contributed by atoms with Crippen LogP contribution in [0.15, 0.2) is 30.3 Å². The number of piperazine rings is 1. The zero-order valence-electron chi connectivity index (χ0n) is 15.4. The standard InChI is InChI=1S/C20H32N4O/c1-17(21)19-8-5-9-24(15-19)20(25)16-23-12-10-22(11-13-23)14-18-6-3-2-4-7-18/h2-4,6-7,17,19H,5,8-16,21H2,1H3. The van der Waals surface area contributed by atoms with E-state index in [0.29, 0.717) is 12.5 Å². The molecule has 0 saturated carbocycles. The Morgan fingerprint density at radius 3 is 2.48 bits per heavy atom. The molecule has 2 aliphatic rings. The van der Waals surface area contributed by atoms with Gasteiger partial charge in [-0.3, -0.25) is 14.6 Å². The fourth-order valence-electron chi connectivity index (χ4n) is 3.90. The molecule has 2 fully saturated rings. The Morgan fingerprint density at radius 1 is 1.12 bits per heavy atom. The molecular weight excluding hydrogens is 312 g/mol. The molecule has 1 amide bonds. The predicted octanol–water partition coefficient (Wildman–Crippen LogP) is 1.39. The molecule has 5 nitrogen and oxygen atoms in total. The summed E-state index contributed by atoms with van der Waals surface area (Å²) >= 11 is 0. The molecule has 0 spiro atoms. The van der Waals surface area contributed by atoms with Crippen molar-refractivity contribution in [1.29, 1.82) is 0 Å². The van der Waals surface area contributed by atoms with Gasteiger partial charge in [-0.15, -0.1) is 0 Å². The van der Waals surface area contributed by atoms with Gasteiger partial charge in [0.15, 0.2) is 0 Å². The first-order valence-corrected chi connectivity index (χ1v) is 9.64. The molecule has 2 saturated heterocycles. The highest BCUT2D eigenvalue weighted by Gasteiger charge is 2.27. The van der Waals surface area contributed by atoms with Gasteiger partial charge in [-0.2, -0.15) is 0 Å². The van der Waals surface area contributed by atoms with E-state index in [0.717, 1.165) is 58.7 Å². The zero-order valence-corrected chi connectivity index (χ0v) is 15.4. The average Bonchev–Trinajstić information content (AvgIpc) is 2.64. The van der Waals surface area contributed by atoms with Crippen LogP contribution >= 0.6 is 0 Å². The molecule has 0 bridgehead atoms. The largest absolute Gasteiger partial charge is 0.341 e. The van der Waals surface area contributed by atoms with Crippen LogP contribution in [0.1, 0.15) is 25.3 Å². The van der Waals surface area contributed by atoms with E-state index in [1.54, 1.807) is 0 Å². The fraction of sp³-hybridized carbons (Fsp3) is 0.650. The highest BCUT2D eigenvalue weighted by atomic mass is 16.2. The van der Waals surface area contributed by atoms with Crippen LogP contribution in [-0.2, 0) is 11.3 Å². The van der Waals surface area contributed by atoms with Gasteiger partial charge in [0.05, 0.1) is 6.54 Å². The number of benzene rings is 1. The number of carbonyl (C=O) groups is 1. The smallest absolute Gasteiger partial charge is 0.236 e. The third-order valence-corrected chi connectivity index (χ3v) is 5.63. The van der Waals surface area contributed by atoms with Crippen molar-refractivity contribution >= 4 is 5.91 Å². The first kappa shape index (κ1) is 18.4. The monoisotopic (exact) mass is 344 g/mol. The molecule has 0 aromatic heterocycles. The van der Waals surface area contributed by atoms with Gasteiger partial charge >= 0.3 is 0 Å². The number of nitrogens with zero attached hydrogens (tertiary/aromatic N) is 3. The normalized spacial score (nSPS) is 24.2. The minimum atomic E-state index is 0.178. The van der Waals surface area contributed by atoms with Crippen molar-refractivity contribution in [3.8, 4) is 0 Å². The summed E-state index contributed by atoms with van der Waals surface area (Å²) in [4.78, 5) is 19.5. The summed E-state index contributed by atoms with van der Waals surface area (Å²) in [6.07, 6.45) is 2.24. The topological polar surface area (TPSA) is 52.8 Å². The van der Waals surface area contributed by atoms with Crippen LogP contribution in [-0.4, -0.2) is 72.5 Å². The number of piperidine rings is 1. The summed E-state index contributed by atoms with van der Waals surface area (Å²) in [5.74, 6) is 0.738. The van der Waals surface area contributed by atoms with E-state index in [4.69, 9.17) is 5.73 Å². The molecule has 2 aliphatic heterocycles. The highest BCUT2D eigenvalue weighted by Crippen LogP contribution is 2.19. The Bertz CT molecular complexity index is 540. The fourth-order valence-corrected chi connectivity index (χ4v) is 3.90. The van der Waals surface area contributed by atoms with Crippen LogP contribution in [0.2, 0.25) is 0 Å². The Labute approximate surface area is 151 Å². The minimum absolute atomic E-state index is 0.178. The van der Waals surface area contributed by atoms with Crippen molar-refractivity contribution in [2.45, 2.75) is 32.4 Å². The molecular formula is C20H32N4O. The molecule has 0 aliphatic carbocycles. The number of nitrogens with two attached hydrogens (primary N) is 1. The first-order chi connectivity index (χ1) is 12.1. The molecule has 1 aromatic rings. The van der Waals surface area contributed by atoms with Crippen molar-refractivity contribution in [2.24, 2.45) is 11.7 Å². The minimum Gasteiger partial charge on any atom is -0.341 e. The molecule has 2 heterocycles. The van der Waals surface area contributed by atoms with E-state index in [1.165, 1.54) is 5.56 Å². The molecule has 1 aromatic carbocycles. The summed E-state index contributed by atoms with van der Waals surface area (Å²) in [6.45, 7) is 9.38. The maximum absolute atomic E-state index is 12.6. The Hall–Kier alpha value is -1.43. The molecule has 2 atom stereocenters. The average molecular weight is 345 g/mol.